The van der Waals surface area contributed by atoms with Crippen molar-refractivity contribution >= 4 is 28.7 Å². The molecule has 7 heteroatoms. The van der Waals surface area contributed by atoms with E-state index in [0.29, 0.717) is 13.1 Å². The molecule has 3 amide bonds. The number of piperidine rings is 1. The van der Waals surface area contributed by atoms with Crippen LogP contribution in [-0.4, -0.2) is 47.7 Å². The van der Waals surface area contributed by atoms with E-state index in [1.54, 1.807) is 4.90 Å². The Morgan fingerprint density at radius 2 is 2.31 bits per heavy atom. The SMILES string of the molecule is C=CCOC(=O)N1CCCC(NC(=O)Nc2cc3[nH]ccc3cc2C)C1. The number of aromatic nitrogens is 1. The van der Waals surface area contributed by atoms with Crippen LogP contribution in [-0.2, 0) is 4.74 Å². The van der Waals surface area contributed by atoms with Crippen molar-refractivity contribution in [3.05, 3.63) is 42.6 Å². The number of likely N-dealkylation sites (tertiary alicyclic amines) is 1. The van der Waals surface area contributed by atoms with Crippen molar-refractivity contribution in [3.8, 4) is 0 Å². The second kappa shape index (κ2) is 7.95. The van der Waals surface area contributed by atoms with Crippen LogP contribution in [0, 0.1) is 6.92 Å². The topological polar surface area (TPSA) is 86.5 Å². The lowest BCUT2D eigenvalue weighted by molar-refractivity contribution is 0.0983. The van der Waals surface area contributed by atoms with Gasteiger partial charge in [0, 0.05) is 36.5 Å². The number of H-pyrrole nitrogens is 1. The zero-order valence-corrected chi connectivity index (χ0v) is 14.9. The van der Waals surface area contributed by atoms with E-state index in [2.05, 4.69) is 22.2 Å². The predicted molar refractivity (Wildman–Crippen MR) is 101 cm³/mol. The van der Waals surface area contributed by atoms with Gasteiger partial charge in [-0.3, -0.25) is 0 Å². The van der Waals surface area contributed by atoms with Crippen LogP contribution >= 0.6 is 0 Å². The Balaban J connectivity index is 1.57. The molecule has 26 heavy (non-hydrogen) atoms. The number of nitrogens with zero attached hydrogens (tertiary/aromatic N) is 1. The third-order valence-corrected chi connectivity index (χ3v) is 4.49. The van der Waals surface area contributed by atoms with Gasteiger partial charge >= 0.3 is 12.1 Å². The number of aryl methyl sites for hydroxylation is 1. The fourth-order valence-electron chi connectivity index (χ4n) is 3.18. The highest BCUT2D eigenvalue weighted by Crippen LogP contribution is 2.22. The van der Waals surface area contributed by atoms with Crippen LogP contribution in [0.1, 0.15) is 18.4 Å². The molecule has 3 rings (SSSR count). The number of benzene rings is 1. The standard InChI is InChI=1S/C19H24N4O3/c1-3-9-26-19(25)23-8-4-5-15(12-23)21-18(24)22-16-11-17-14(6-7-20-17)10-13(16)2/h3,6-7,10-11,15,20H,1,4-5,8-9,12H2,2H3,(H2,21,22,24). The summed E-state index contributed by atoms with van der Waals surface area (Å²) in [7, 11) is 0. The Labute approximate surface area is 152 Å². The molecule has 1 unspecified atom stereocenters. The molecule has 1 saturated heterocycles. The summed E-state index contributed by atoms with van der Waals surface area (Å²) in [5.74, 6) is 0. The van der Waals surface area contributed by atoms with Crippen molar-refractivity contribution in [1.29, 1.82) is 0 Å². The minimum absolute atomic E-state index is 0.102. The lowest BCUT2D eigenvalue weighted by atomic mass is 10.1. The summed E-state index contributed by atoms with van der Waals surface area (Å²) < 4.78 is 5.07. The number of hydrogen-bond donors (Lipinski definition) is 3. The molecule has 138 valence electrons. The summed E-state index contributed by atoms with van der Waals surface area (Å²) in [6.45, 7) is 6.76. The molecule has 0 radical (unpaired) electrons. The minimum atomic E-state index is -0.371. The van der Waals surface area contributed by atoms with Crippen molar-refractivity contribution in [2.75, 3.05) is 25.0 Å². The highest BCUT2D eigenvalue weighted by molar-refractivity contribution is 5.94. The number of urea groups is 1. The number of nitrogens with one attached hydrogen (secondary N) is 3. The lowest BCUT2D eigenvalue weighted by Crippen LogP contribution is -2.50. The van der Waals surface area contributed by atoms with E-state index in [0.717, 1.165) is 35.0 Å². The molecular formula is C19H24N4O3. The second-order valence-electron chi connectivity index (χ2n) is 6.48. The summed E-state index contributed by atoms with van der Waals surface area (Å²) in [6, 6.07) is 5.57. The summed E-state index contributed by atoms with van der Waals surface area (Å²) in [4.78, 5) is 29.1. The number of ether oxygens (including phenoxy) is 1. The van der Waals surface area contributed by atoms with Crippen LogP contribution in [0.5, 0.6) is 0 Å². The summed E-state index contributed by atoms with van der Waals surface area (Å²) in [6.07, 6.45) is 4.68. The fraction of sp³-hybridized carbons (Fsp3) is 0.368. The second-order valence-corrected chi connectivity index (χ2v) is 6.48. The van der Waals surface area contributed by atoms with E-state index in [4.69, 9.17) is 4.74 Å². The number of fused-ring (bicyclic) bond motifs is 1. The first-order chi connectivity index (χ1) is 12.6. The molecule has 1 aromatic carbocycles. The zero-order chi connectivity index (χ0) is 18.5. The first-order valence-corrected chi connectivity index (χ1v) is 8.74. The molecular weight excluding hydrogens is 332 g/mol. The zero-order valence-electron chi connectivity index (χ0n) is 14.9. The van der Waals surface area contributed by atoms with Gasteiger partial charge in [-0.05, 0) is 48.9 Å². The minimum Gasteiger partial charge on any atom is -0.445 e. The van der Waals surface area contributed by atoms with E-state index in [1.807, 2.05) is 31.3 Å². The summed E-state index contributed by atoms with van der Waals surface area (Å²) >= 11 is 0. The maximum Gasteiger partial charge on any atom is 0.410 e. The number of amides is 3. The number of carbonyl (C=O) groups is 2. The van der Waals surface area contributed by atoms with Gasteiger partial charge in [0.05, 0.1) is 0 Å². The molecule has 1 atom stereocenters. The summed E-state index contributed by atoms with van der Waals surface area (Å²) in [5, 5.41) is 6.95. The smallest absolute Gasteiger partial charge is 0.410 e. The molecule has 7 nitrogen and oxygen atoms in total. The van der Waals surface area contributed by atoms with E-state index >= 15 is 0 Å². The van der Waals surface area contributed by atoms with Crippen molar-refractivity contribution in [1.82, 2.24) is 15.2 Å². The maximum absolute atomic E-state index is 12.4. The quantitative estimate of drug-likeness (QED) is 0.734. The molecule has 1 fully saturated rings. The fourth-order valence-corrected chi connectivity index (χ4v) is 3.18. The van der Waals surface area contributed by atoms with Crippen LogP contribution < -0.4 is 10.6 Å². The molecule has 0 bridgehead atoms. The van der Waals surface area contributed by atoms with Crippen LogP contribution in [0.3, 0.4) is 0 Å². The Hall–Kier alpha value is -2.96. The monoisotopic (exact) mass is 356 g/mol. The molecule has 0 spiro atoms. The number of anilines is 1. The van der Waals surface area contributed by atoms with Crippen molar-refractivity contribution in [3.63, 3.8) is 0 Å². The molecule has 3 N–H and O–H groups in total. The van der Waals surface area contributed by atoms with Gasteiger partial charge in [-0.1, -0.05) is 12.7 Å². The van der Waals surface area contributed by atoms with Crippen molar-refractivity contribution < 1.29 is 14.3 Å². The molecule has 1 aliphatic heterocycles. The number of rotatable bonds is 4. The third kappa shape index (κ3) is 4.17. The largest absolute Gasteiger partial charge is 0.445 e. The normalized spacial score (nSPS) is 17.0. The molecule has 0 aliphatic carbocycles. The molecule has 1 aliphatic rings. The molecule has 0 saturated carbocycles. The highest BCUT2D eigenvalue weighted by atomic mass is 16.6. The molecule has 2 aromatic rings. The molecule has 1 aromatic heterocycles. The van der Waals surface area contributed by atoms with Crippen LogP contribution in [0.25, 0.3) is 10.9 Å². The van der Waals surface area contributed by atoms with Crippen molar-refractivity contribution in [2.45, 2.75) is 25.8 Å². The van der Waals surface area contributed by atoms with E-state index in [-0.39, 0.29) is 24.8 Å². The Morgan fingerprint density at radius 3 is 3.12 bits per heavy atom. The number of carbonyl (C=O) groups excluding carboxylic acids is 2. The van der Waals surface area contributed by atoms with Gasteiger partial charge in [0.2, 0.25) is 0 Å². The Kier molecular flexibility index (Phi) is 5.46. The lowest BCUT2D eigenvalue weighted by Gasteiger charge is -2.32. The van der Waals surface area contributed by atoms with Gasteiger partial charge < -0.3 is 25.3 Å². The maximum atomic E-state index is 12.4. The van der Waals surface area contributed by atoms with Gasteiger partial charge in [0.25, 0.3) is 0 Å². The van der Waals surface area contributed by atoms with E-state index < -0.39 is 0 Å². The van der Waals surface area contributed by atoms with Gasteiger partial charge in [-0.15, -0.1) is 0 Å². The van der Waals surface area contributed by atoms with Crippen LogP contribution in [0.15, 0.2) is 37.1 Å². The predicted octanol–water partition coefficient (Wildman–Crippen LogP) is 3.38. The average Bonchev–Trinajstić information content (AvgIpc) is 3.07. The van der Waals surface area contributed by atoms with Gasteiger partial charge in [-0.2, -0.15) is 0 Å². The van der Waals surface area contributed by atoms with Crippen molar-refractivity contribution in [2.24, 2.45) is 0 Å². The highest BCUT2D eigenvalue weighted by Gasteiger charge is 2.25. The van der Waals surface area contributed by atoms with Gasteiger partial charge in [-0.25, -0.2) is 9.59 Å². The molecule has 2 heterocycles. The van der Waals surface area contributed by atoms with E-state index in [9.17, 15) is 9.59 Å². The first kappa shape index (κ1) is 17.8. The number of aromatic amines is 1. The van der Waals surface area contributed by atoms with E-state index in [1.165, 1.54) is 6.08 Å². The van der Waals surface area contributed by atoms with Gasteiger partial charge in [0.1, 0.15) is 6.61 Å². The Bertz CT molecular complexity index is 814. The van der Waals surface area contributed by atoms with Crippen LogP contribution in [0.4, 0.5) is 15.3 Å². The number of hydrogen-bond acceptors (Lipinski definition) is 3. The van der Waals surface area contributed by atoms with Gasteiger partial charge in [0.15, 0.2) is 0 Å². The van der Waals surface area contributed by atoms with Crippen LogP contribution in [0.2, 0.25) is 0 Å². The average molecular weight is 356 g/mol. The third-order valence-electron chi connectivity index (χ3n) is 4.49. The Morgan fingerprint density at radius 1 is 1.46 bits per heavy atom. The summed E-state index contributed by atoms with van der Waals surface area (Å²) in [5.41, 5.74) is 2.72. The first-order valence-electron chi connectivity index (χ1n) is 8.74.